The molecular formula is C23H26BrN3O2. The lowest BCUT2D eigenvalue weighted by Gasteiger charge is -2.33. The van der Waals surface area contributed by atoms with Gasteiger partial charge in [0.2, 0.25) is 11.8 Å². The third-order valence-corrected chi connectivity index (χ3v) is 5.75. The highest BCUT2D eigenvalue weighted by Gasteiger charge is 2.21. The average Bonchev–Trinajstić information content (AvgIpc) is 2.71. The van der Waals surface area contributed by atoms with Gasteiger partial charge in [0.25, 0.3) is 0 Å². The highest BCUT2D eigenvalue weighted by Crippen LogP contribution is 2.18. The minimum absolute atomic E-state index is 0.00686. The van der Waals surface area contributed by atoms with E-state index >= 15 is 0 Å². The molecule has 0 bridgehead atoms. The summed E-state index contributed by atoms with van der Waals surface area (Å²) in [6.45, 7) is 7.02. The van der Waals surface area contributed by atoms with Crippen LogP contribution in [0.4, 0.5) is 5.69 Å². The van der Waals surface area contributed by atoms with Crippen molar-refractivity contribution < 1.29 is 9.59 Å². The fraction of sp³-hybridized carbons (Fsp3) is 0.304. The molecule has 29 heavy (non-hydrogen) atoms. The molecule has 2 aromatic rings. The number of hydrogen-bond acceptors (Lipinski definition) is 3. The number of aryl methyl sites for hydroxylation is 1. The number of piperazine rings is 1. The Balaban J connectivity index is 1.46. The maximum atomic E-state index is 12.4. The summed E-state index contributed by atoms with van der Waals surface area (Å²) in [6, 6.07) is 13.7. The van der Waals surface area contributed by atoms with Crippen LogP contribution in [0.1, 0.15) is 16.7 Å². The minimum Gasteiger partial charge on any atom is -0.337 e. The van der Waals surface area contributed by atoms with Crippen molar-refractivity contribution in [2.24, 2.45) is 0 Å². The third kappa shape index (κ3) is 6.02. The molecule has 1 heterocycles. The Bertz CT molecular complexity index is 901. The van der Waals surface area contributed by atoms with Crippen molar-refractivity contribution >= 4 is 39.5 Å². The van der Waals surface area contributed by atoms with Gasteiger partial charge in [0, 0.05) is 42.4 Å². The Morgan fingerprint density at radius 2 is 1.72 bits per heavy atom. The molecule has 0 aliphatic carbocycles. The maximum Gasteiger partial charge on any atom is 0.246 e. The van der Waals surface area contributed by atoms with E-state index in [0.29, 0.717) is 32.7 Å². The van der Waals surface area contributed by atoms with Gasteiger partial charge < -0.3 is 10.2 Å². The fourth-order valence-electron chi connectivity index (χ4n) is 3.25. The number of carbonyl (C=O) groups excluding carboxylic acids is 2. The summed E-state index contributed by atoms with van der Waals surface area (Å²) < 4.78 is 1.01. The molecule has 0 spiro atoms. The number of halogens is 1. The fourth-order valence-corrected chi connectivity index (χ4v) is 3.52. The zero-order valence-electron chi connectivity index (χ0n) is 16.8. The van der Waals surface area contributed by atoms with Gasteiger partial charge in [-0.25, -0.2) is 0 Å². The molecule has 0 radical (unpaired) electrons. The first-order chi connectivity index (χ1) is 13.9. The molecule has 2 aromatic carbocycles. The summed E-state index contributed by atoms with van der Waals surface area (Å²) in [6.07, 6.45) is 3.45. The van der Waals surface area contributed by atoms with E-state index in [2.05, 4.69) is 26.1 Å². The first kappa shape index (κ1) is 21.3. The molecule has 1 aliphatic heterocycles. The average molecular weight is 456 g/mol. The predicted octanol–water partition coefficient (Wildman–Crippen LogP) is 3.86. The van der Waals surface area contributed by atoms with Crippen molar-refractivity contribution in [3.63, 3.8) is 0 Å². The Morgan fingerprint density at radius 1 is 1.03 bits per heavy atom. The summed E-state index contributed by atoms with van der Waals surface area (Å²) in [4.78, 5) is 28.7. The first-order valence-corrected chi connectivity index (χ1v) is 10.5. The maximum absolute atomic E-state index is 12.4. The van der Waals surface area contributed by atoms with Gasteiger partial charge in [-0.05, 0) is 54.8 Å². The molecule has 2 amide bonds. The monoisotopic (exact) mass is 455 g/mol. The quantitative estimate of drug-likeness (QED) is 0.696. The second-order valence-corrected chi connectivity index (χ2v) is 8.20. The molecule has 0 atom stereocenters. The van der Waals surface area contributed by atoms with Crippen LogP contribution in [0, 0.1) is 13.8 Å². The number of anilines is 1. The normalized spacial score (nSPS) is 14.9. The van der Waals surface area contributed by atoms with Crippen LogP contribution in [-0.4, -0.2) is 54.3 Å². The Morgan fingerprint density at radius 3 is 2.41 bits per heavy atom. The molecule has 6 heteroatoms. The smallest absolute Gasteiger partial charge is 0.246 e. The molecule has 0 saturated carbocycles. The number of rotatable bonds is 5. The van der Waals surface area contributed by atoms with E-state index in [9.17, 15) is 9.59 Å². The lowest BCUT2D eigenvalue weighted by molar-refractivity contribution is -0.127. The van der Waals surface area contributed by atoms with E-state index in [1.807, 2.05) is 67.3 Å². The van der Waals surface area contributed by atoms with Crippen molar-refractivity contribution in [1.29, 1.82) is 0 Å². The summed E-state index contributed by atoms with van der Waals surface area (Å²) >= 11 is 3.40. The Labute approximate surface area is 180 Å². The molecule has 3 rings (SSSR count). The highest BCUT2D eigenvalue weighted by molar-refractivity contribution is 9.10. The molecular weight excluding hydrogens is 430 g/mol. The predicted molar refractivity (Wildman–Crippen MR) is 121 cm³/mol. The topological polar surface area (TPSA) is 52.7 Å². The summed E-state index contributed by atoms with van der Waals surface area (Å²) in [7, 11) is 0. The van der Waals surface area contributed by atoms with E-state index in [-0.39, 0.29) is 11.8 Å². The highest BCUT2D eigenvalue weighted by atomic mass is 79.9. The van der Waals surface area contributed by atoms with Crippen molar-refractivity contribution in [1.82, 2.24) is 9.80 Å². The van der Waals surface area contributed by atoms with Crippen molar-refractivity contribution in [2.75, 3.05) is 38.0 Å². The molecule has 1 saturated heterocycles. The Hall–Kier alpha value is -2.44. The lowest BCUT2D eigenvalue weighted by atomic mass is 10.1. The second kappa shape index (κ2) is 9.85. The second-order valence-electron chi connectivity index (χ2n) is 7.28. The van der Waals surface area contributed by atoms with Gasteiger partial charge in [0.1, 0.15) is 0 Å². The molecule has 0 aromatic heterocycles. The van der Waals surface area contributed by atoms with Crippen molar-refractivity contribution in [2.45, 2.75) is 13.8 Å². The summed E-state index contributed by atoms with van der Waals surface area (Å²) in [5.41, 5.74) is 4.10. The SMILES string of the molecule is Cc1cccc(NC(=O)CN2CCN(C(=O)/C=C/c3ccc(Br)cc3)CC2)c1C. The van der Waals surface area contributed by atoms with Crippen LogP contribution in [0.2, 0.25) is 0 Å². The first-order valence-electron chi connectivity index (χ1n) is 9.73. The van der Waals surface area contributed by atoms with Crippen LogP contribution in [0.3, 0.4) is 0 Å². The summed E-state index contributed by atoms with van der Waals surface area (Å²) in [5.74, 6) is -0.0129. The molecule has 0 unspecified atom stereocenters. The van der Waals surface area contributed by atoms with E-state index in [0.717, 1.165) is 26.9 Å². The van der Waals surface area contributed by atoms with Gasteiger partial charge in [0.15, 0.2) is 0 Å². The van der Waals surface area contributed by atoms with Crippen LogP contribution < -0.4 is 5.32 Å². The molecule has 1 aliphatic rings. The molecule has 1 fully saturated rings. The van der Waals surface area contributed by atoms with Gasteiger partial charge in [-0.1, -0.05) is 40.2 Å². The van der Waals surface area contributed by atoms with Gasteiger partial charge in [0.05, 0.1) is 6.54 Å². The molecule has 152 valence electrons. The van der Waals surface area contributed by atoms with E-state index in [4.69, 9.17) is 0 Å². The van der Waals surface area contributed by atoms with E-state index in [1.54, 1.807) is 6.08 Å². The van der Waals surface area contributed by atoms with Crippen LogP contribution in [-0.2, 0) is 9.59 Å². The number of amides is 2. The van der Waals surface area contributed by atoms with Crippen LogP contribution >= 0.6 is 15.9 Å². The molecule has 5 nitrogen and oxygen atoms in total. The number of nitrogens with one attached hydrogen (secondary N) is 1. The van der Waals surface area contributed by atoms with Gasteiger partial charge in [-0.15, -0.1) is 0 Å². The number of hydrogen-bond donors (Lipinski definition) is 1. The van der Waals surface area contributed by atoms with E-state index in [1.165, 1.54) is 0 Å². The standard InChI is InChI=1S/C23H26BrN3O2/c1-17-4-3-5-21(18(17)2)25-22(28)16-26-12-14-27(15-13-26)23(29)11-8-19-6-9-20(24)10-7-19/h3-11H,12-16H2,1-2H3,(H,25,28)/b11-8+. The van der Waals surface area contributed by atoms with E-state index < -0.39 is 0 Å². The van der Waals surface area contributed by atoms with Crippen molar-refractivity contribution in [3.8, 4) is 0 Å². The lowest BCUT2D eigenvalue weighted by Crippen LogP contribution is -2.50. The number of benzene rings is 2. The summed E-state index contributed by atoms with van der Waals surface area (Å²) in [5, 5.41) is 3.00. The zero-order chi connectivity index (χ0) is 20.8. The van der Waals surface area contributed by atoms with Gasteiger partial charge >= 0.3 is 0 Å². The van der Waals surface area contributed by atoms with Crippen LogP contribution in [0.25, 0.3) is 6.08 Å². The third-order valence-electron chi connectivity index (χ3n) is 5.22. The van der Waals surface area contributed by atoms with Crippen LogP contribution in [0.5, 0.6) is 0 Å². The zero-order valence-corrected chi connectivity index (χ0v) is 18.4. The largest absolute Gasteiger partial charge is 0.337 e. The Kier molecular flexibility index (Phi) is 7.23. The minimum atomic E-state index is -0.0198. The number of nitrogens with zero attached hydrogens (tertiary/aromatic N) is 2. The van der Waals surface area contributed by atoms with Gasteiger partial charge in [-0.2, -0.15) is 0 Å². The molecule has 1 N–H and O–H groups in total. The van der Waals surface area contributed by atoms with Crippen molar-refractivity contribution in [3.05, 3.63) is 69.7 Å². The van der Waals surface area contributed by atoms with Crippen LogP contribution in [0.15, 0.2) is 53.0 Å². The number of carbonyl (C=O) groups is 2. The van der Waals surface area contributed by atoms with Gasteiger partial charge in [-0.3, -0.25) is 14.5 Å².